The second-order valence-electron chi connectivity index (χ2n) is 5.75. The molecule has 0 amide bonds. The summed E-state index contributed by atoms with van der Waals surface area (Å²) in [6.45, 7) is 7.74. The third-order valence-corrected chi connectivity index (χ3v) is 4.32. The molecule has 118 valence electrons. The first-order valence-electron chi connectivity index (χ1n) is 6.80. The average molecular weight is 332 g/mol. The van der Waals surface area contributed by atoms with Crippen LogP contribution in [0.15, 0.2) is 24.3 Å². The minimum absolute atomic E-state index is 0.242. The zero-order chi connectivity index (χ0) is 16.0. The molecule has 0 saturated heterocycles. The predicted molar refractivity (Wildman–Crippen MR) is 86.3 cm³/mol. The number of benzene rings is 1. The Labute approximate surface area is 133 Å². The normalized spacial score (nSPS) is 14.5. The molecule has 0 fully saturated rings. The number of ether oxygens (including phenoxy) is 1. The van der Waals surface area contributed by atoms with E-state index in [1.54, 1.807) is 13.0 Å². The molecule has 0 saturated carbocycles. The van der Waals surface area contributed by atoms with Crippen molar-refractivity contribution in [2.24, 2.45) is 5.41 Å². The van der Waals surface area contributed by atoms with Gasteiger partial charge in [-0.1, -0.05) is 50.6 Å². The fourth-order valence-corrected chi connectivity index (χ4v) is 3.35. The molecule has 0 heterocycles. The van der Waals surface area contributed by atoms with Crippen LogP contribution in [0.2, 0.25) is 5.02 Å². The van der Waals surface area contributed by atoms with Gasteiger partial charge in [0.15, 0.2) is 0 Å². The highest BCUT2D eigenvalue weighted by atomic mass is 35.5. The summed E-state index contributed by atoms with van der Waals surface area (Å²) in [6, 6.07) is 6.59. The van der Waals surface area contributed by atoms with Crippen molar-refractivity contribution in [2.45, 2.75) is 39.5 Å². The molecular formula is C15H22ClNO3S. The van der Waals surface area contributed by atoms with E-state index in [2.05, 4.69) is 4.72 Å². The van der Waals surface area contributed by atoms with E-state index in [1.807, 2.05) is 39.0 Å². The number of carbonyl (C=O) groups is 1. The molecule has 0 aliphatic heterocycles. The molecule has 0 aromatic heterocycles. The summed E-state index contributed by atoms with van der Waals surface area (Å²) >= 11 is 6.05. The molecule has 1 aromatic carbocycles. The van der Waals surface area contributed by atoms with Gasteiger partial charge in [-0.15, -0.1) is 0 Å². The van der Waals surface area contributed by atoms with Crippen LogP contribution in [0.4, 0.5) is 0 Å². The number of halogens is 1. The number of esters is 1. The van der Waals surface area contributed by atoms with Crippen molar-refractivity contribution >= 4 is 28.6 Å². The summed E-state index contributed by atoms with van der Waals surface area (Å²) in [5.74, 6) is -0.149. The fraction of sp³-hybridized carbons (Fsp3) is 0.533. The quantitative estimate of drug-likeness (QED) is 0.815. The third kappa shape index (κ3) is 5.77. The fourth-order valence-electron chi connectivity index (χ4n) is 1.73. The second kappa shape index (κ2) is 7.92. The van der Waals surface area contributed by atoms with E-state index in [0.717, 1.165) is 5.56 Å². The molecular weight excluding hydrogens is 310 g/mol. The van der Waals surface area contributed by atoms with Gasteiger partial charge in [0.05, 0.1) is 23.3 Å². The van der Waals surface area contributed by atoms with Crippen LogP contribution in [-0.2, 0) is 26.3 Å². The van der Waals surface area contributed by atoms with Gasteiger partial charge in [0.2, 0.25) is 0 Å². The predicted octanol–water partition coefficient (Wildman–Crippen LogP) is 3.07. The van der Waals surface area contributed by atoms with Crippen LogP contribution in [0, 0.1) is 5.41 Å². The Hall–Kier alpha value is -0.910. The van der Waals surface area contributed by atoms with Crippen LogP contribution < -0.4 is 4.72 Å². The Balaban J connectivity index is 2.77. The van der Waals surface area contributed by atoms with E-state index in [9.17, 15) is 9.00 Å². The van der Waals surface area contributed by atoms with E-state index >= 15 is 0 Å². The third-order valence-electron chi connectivity index (χ3n) is 2.88. The molecule has 0 radical (unpaired) electrons. The molecule has 4 nitrogen and oxygen atoms in total. The Morgan fingerprint density at radius 2 is 2.00 bits per heavy atom. The number of hydrogen-bond donors (Lipinski definition) is 1. The van der Waals surface area contributed by atoms with Crippen LogP contribution in [0.3, 0.4) is 0 Å². The van der Waals surface area contributed by atoms with Crippen molar-refractivity contribution in [3.05, 3.63) is 34.9 Å². The maximum absolute atomic E-state index is 12.3. The van der Waals surface area contributed by atoms with Gasteiger partial charge < -0.3 is 4.74 Å². The lowest BCUT2D eigenvalue weighted by molar-refractivity contribution is -0.147. The van der Waals surface area contributed by atoms with Gasteiger partial charge >= 0.3 is 5.97 Å². The molecule has 0 bridgehead atoms. The summed E-state index contributed by atoms with van der Waals surface area (Å²) in [7, 11) is -1.42. The minimum Gasteiger partial charge on any atom is -0.465 e. The van der Waals surface area contributed by atoms with Gasteiger partial charge in [-0.2, -0.15) is 0 Å². The van der Waals surface area contributed by atoms with Crippen LogP contribution in [0.25, 0.3) is 0 Å². The minimum atomic E-state index is -1.42. The summed E-state index contributed by atoms with van der Waals surface area (Å²) < 4.78 is 20.2. The zero-order valence-electron chi connectivity index (χ0n) is 12.8. The van der Waals surface area contributed by atoms with Gasteiger partial charge in [0.25, 0.3) is 0 Å². The lowest BCUT2D eigenvalue weighted by Gasteiger charge is -2.29. The lowest BCUT2D eigenvalue weighted by Crippen LogP contribution is -2.48. The molecule has 6 heteroatoms. The topological polar surface area (TPSA) is 55.4 Å². The molecule has 2 atom stereocenters. The SMILES string of the molecule is CCOC(=O)[C@@H](N[S@@](=O)Cc1ccccc1Cl)C(C)(C)C. The van der Waals surface area contributed by atoms with Gasteiger partial charge in [0.1, 0.15) is 6.04 Å². The highest BCUT2D eigenvalue weighted by Gasteiger charge is 2.33. The van der Waals surface area contributed by atoms with E-state index in [-0.39, 0.29) is 5.75 Å². The van der Waals surface area contributed by atoms with Gasteiger partial charge in [-0.25, -0.2) is 8.93 Å². The standard InChI is InChI=1S/C15H22ClNO3S/c1-5-20-14(18)13(15(2,3)4)17-21(19)10-11-8-6-7-9-12(11)16/h6-9,13,17H,5,10H2,1-4H3/t13-,21+/m1/s1. The molecule has 0 unspecified atom stereocenters. The van der Waals surface area contributed by atoms with E-state index in [4.69, 9.17) is 16.3 Å². The van der Waals surface area contributed by atoms with Crippen molar-refractivity contribution < 1.29 is 13.7 Å². The first-order chi connectivity index (χ1) is 9.75. The summed E-state index contributed by atoms with van der Waals surface area (Å²) in [6.07, 6.45) is 0. The molecule has 0 aliphatic rings. The Morgan fingerprint density at radius 1 is 1.38 bits per heavy atom. The number of carbonyl (C=O) groups excluding carboxylic acids is 1. The second-order valence-corrected chi connectivity index (χ2v) is 7.37. The highest BCUT2D eigenvalue weighted by molar-refractivity contribution is 7.82. The highest BCUT2D eigenvalue weighted by Crippen LogP contribution is 2.22. The molecule has 1 rings (SSSR count). The first kappa shape index (κ1) is 18.1. The molecule has 1 N–H and O–H groups in total. The summed E-state index contributed by atoms with van der Waals surface area (Å²) in [5.41, 5.74) is 0.379. The van der Waals surface area contributed by atoms with E-state index < -0.39 is 28.4 Å². The number of hydrogen-bond acceptors (Lipinski definition) is 3. The van der Waals surface area contributed by atoms with Crippen molar-refractivity contribution in [1.29, 1.82) is 0 Å². The average Bonchev–Trinajstić information content (AvgIpc) is 2.37. The van der Waals surface area contributed by atoms with Crippen LogP contribution in [0.5, 0.6) is 0 Å². The van der Waals surface area contributed by atoms with Crippen molar-refractivity contribution in [3.63, 3.8) is 0 Å². The zero-order valence-corrected chi connectivity index (χ0v) is 14.4. The van der Waals surface area contributed by atoms with E-state index in [1.165, 1.54) is 0 Å². The van der Waals surface area contributed by atoms with Crippen LogP contribution in [-0.4, -0.2) is 22.8 Å². The largest absolute Gasteiger partial charge is 0.465 e. The number of nitrogens with one attached hydrogen (secondary N) is 1. The monoisotopic (exact) mass is 331 g/mol. The molecule has 0 aliphatic carbocycles. The number of rotatable bonds is 6. The molecule has 1 aromatic rings. The Bertz CT molecular complexity index is 514. The van der Waals surface area contributed by atoms with Gasteiger partial charge in [-0.3, -0.25) is 4.79 Å². The van der Waals surface area contributed by atoms with Gasteiger partial charge in [-0.05, 0) is 24.0 Å². The summed E-state index contributed by atoms with van der Waals surface area (Å²) in [5, 5.41) is 0.566. The van der Waals surface area contributed by atoms with Gasteiger partial charge in [0, 0.05) is 5.02 Å². The van der Waals surface area contributed by atoms with E-state index in [0.29, 0.717) is 11.6 Å². The van der Waals surface area contributed by atoms with Crippen molar-refractivity contribution in [3.8, 4) is 0 Å². The molecule has 21 heavy (non-hydrogen) atoms. The smallest absolute Gasteiger partial charge is 0.324 e. The Morgan fingerprint density at radius 3 is 2.52 bits per heavy atom. The van der Waals surface area contributed by atoms with Crippen molar-refractivity contribution in [1.82, 2.24) is 4.72 Å². The van der Waals surface area contributed by atoms with Crippen molar-refractivity contribution in [2.75, 3.05) is 6.61 Å². The lowest BCUT2D eigenvalue weighted by atomic mass is 9.87. The van der Waals surface area contributed by atoms with Crippen LogP contribution >= 0.6 is 11.6 Å². The van der Waals surface area contributed by atoms with Crippen LogP contribution in [0.1, 0.15) is 33.3 Å². The maximum atomic E-state index is 12.3. The molecule has 0 spiro atoms. The first-order valence-corrected chi connectivity index (χ1v) is 8.50. The Kier molecular flexibility index (Phi) is 6.84. The summed E-state index contributed by atoms with van der Waals surface area (Å²) in [4.78, 5) is 12.0. The maximum Gasteiger partial charge on any atom is 0.324 e.